The molecule has 2 aliphatic rings. The van der Waals surface area contributed by atoms with Gasteiger partial charge in [-0.2, -0.15) is 4.31 Å². The highest BCUT2D eigenvalue weighted by Gasteiger charge is 2.37. The van der Waals surface area contributed by atoms with Crippen molar-refractivity contribution in [1.82, 2.24) is 4.31 Å². The maximum Gasteiger partial charge on any atom is 0.573 e. The minimum absolute atomic E-state index is 0.0120. The summed E-state index contributed by atoms with van der Waals surface area (Å²) in [5, 5.41) is 2.77. The molecular formula is C20H19F3N2O6S. The Labute approximate surface area is 181 Å². The molecule has 8 nitrogen and oxygen atoms in total. The lowest BCUT2D eigenvalue weighted by atomic mass is 9.97. The van der Waals surface area contributed by atoms with Crippen LogP contribution < -0.4 is 19.5 Å². The molecule has 0 atom stereocenters. The zero-order valence-corrected chi connectivity index (χ0v) is 17.4. The van der Waals surface area contributed by atoms with Crippen LogP contribution in [0, 0.1) is 5.92 Å². The number of alkyl halides is 3. The van der Waals surface area contributed by atoms with Crippen molar-refractivity contribution in [2.45, 2.75) is 24.1 Å². The SMILES string of the molecule is O=C(Nc1ccc2c(c1)OCO2)C1CCN(S(=O)(=O)c2ccccc2OC(F)(F)F)CC1. The number of anilines is 1. The van der Waals surface area contributed by atoms with Gasteiger partial charge in [0.1, 0.15) is 10.6 Å². The van der Waals surface area contributed by atoms with Gasteiger partial charge in [-0.15, -0.1) is 13.2 Å². The number of nitrogens with one attached hydrogen (secondary N) is 1. The van der Waals surface area contributed by atoms with Crippen LogP contribution in [-0.2, 0) is 14.8 Å². The van der Waals surface area contributed by atoms with E-state index < -0.39 is 32.9 Å². The topological polar surface area (TPSA) is 94.2 Å². The van der Waals surface area contributed by atoms with E-state index in [1.807, 2.05) is 0 Å². The van der Waals surface area contributed by atoms with Crippen molar-refractivity contribution in [3.63, 3.8) is 0 Å². The van der Waals surface area contributed by atoms with Crippen molar-refractivity contribution < 1.29 is 40.6 Å². The largest absolute Gasteiger partial charge is 0.573 e. The average molecular weight is 472 g/mol. The van der Waals surface area contributed by atoms with Gasteiger partial charge in [-0.05, 0) is 37.1 Å². The predicted molar refractivity (Wildman–Crippen MR) is 106 cm³/mol. The van der Waals surface area contributed by atoms with Gasteiger partial charge in [0.15, 0.2) is 11.5 Å². The Kier molecular flexibility index (Phi) is 5.91. The third-order valence-corrected chi connectivity index (χ3v) is 7.10. The average Bonchev–Trinajstić information content (AvgIpc) is 3.21. The van der Waals surface area contributed by atoms with E-state index in [1.54, 1.807) is 18.2 Å². The van der Waals surface area contributed by atoms with Gasteiger partial charge in [-0.1, -0.05) is 12.1 Å². The van der Waals surface area contributed by atoms with Crippen molar-refractivity contribution in [2.75, 3.05) is 25.2 Å². The smallest absolute Gasteiger partial charge is 0.454 e. The lowest BCUT2D eigenvalue weighted by molar-refractivity contribution is -0.275. The van der Waals surface area contributed by atoms with Crippen molar-refractivity contribution in [3.8, 4) is 17.2 Å². The van der Waals surface area contributed by atoms with Crippen molar-refractivity contribution >= 4 is 21.6 Å². The van der Waals surface area contributed by atoms with E-state index in [9.17, 15) is 26.4 Å². The fraction of sp³-hybridized carbons (Fsp3) is 0.350. The van der Waals surface area contributed by atoms with Gasteiger partial charge >= 0.3 is 6.36 Å². The first-order valence-corrected chi connectivity index (χ1v) is 11.1. The first-order chi connectivity index (χ1) is 15.1. The highest BCUT2D eigenvalue weighted by atomic mass is 32.2. The number of piperidine rings is 1. The van der Waals surface area contributed by atoms with Crippen molar-refractivity contribution in [1.29, 1.82) is 0 Å². The Morgan fingerprint density at radius 2 is 1.75 bits per heavy atom. The summed E-state index contributed by atoms with van der Waals surface area (Å²) in [7, 11) is -4.23. The lowest BCUT2D eigenvalue weighted by Gasteiger charge is -2.31. The van der Waals surface area contributed by atoms with Gasteiger partial charge in [-0.3, -0.25) is 4.79 Å². The highest BCUT2D eigenvalue weighted by molar-refractivity contribution is 7.89. The molecule has 1 N–H and O–H groups in total. The van der Waals surface area contributed by atoms with Crippen molar-refractivity contribution in [2.24, 2.45) is 5.92 Å². The molecule has 4 rings (SSSR count). The fourth-order valence-corrected chi connectivity index (χ4v) is 5.17. The normalized spacial score (nSPS) is 17.2. The molecule has 32 heavy (non-hydrogen) atoms. The Hall–Kier alpha value is -2.99. The van der Waals surface area contributed by atoms with Crippen LogP contribution in [0.3, 0.4) is 0 Å². The third kappa shape index (κ3) is 4.75. The van der Waals surface area contributed by atoms with E-state index in [0.717, 1.165) is 16.4 Å². The van der Waals surface area contributed by atoms with Gasteiger partial charge in [0.2, 0.25) is 22.7 Å². The monoisotopic (exact) mass is 472 g/mol. The molecule has 0 unspecified atom stereocenters. The number of sulfonamides is 1. The number of nitrogens with zero attached hydrogens (tertiary/aromatic N) is 1. The predicted octanol–water partition coefficient (Wildman–Crippen LogP) is 3.35. The highest BCUT2D eigenvalue weighted by Crippen LogP contribution is 2.35. The second-order valence-electron chi connectivity index (χ2n) is 7.23. The summed E-state index contributed by atoms with van der Waals surface area (Å²) < 4.78 is 79.2. The molecule has 1 amide bonds. The molecule has 1 fully saturated rings. The summed E-state index contributed by atoms with van der Waals surface area (Å²) in [4.78, 5) is 12.0. The lowest BCUT2D eigenvalue weighted by Crippen LogP contribution is -2.41. The maximum atomic E-state index is 12.9. The van der Waals surface area contributed by atoms with Crippen LogP contribution in [0.4, 0.5) is 18.9 Å². The molecule has 12 heteroatoms. The van der Waals surface area contributed by atoms with Gasteiger partial charge in [-0.25, -0.2) is 8.42 Å². The molecule has 2 aromatic rings. The Balaban J connectivity index is 1.40. The molecular weight excluding hydrogens is 453 g/mol. The number of halogens is 3. The fourth-order valence-electron chi connectivity index (χ4n) is 3.59. The summed E-state index contributed by atoms with van der Waals surface area (Å²) in [6, 6.07) is 9.57. The molecule has 0 aliphatic carbocycles. The molecule has 172 valence electrons. The van der Waals surface area contributed by atoms with Crippen LogP contribution in [0.2, 0.25) is 0 Å². The van der Waals surface area contributed by atoms with E-state index in [0.29, 0.717) is 17.2 Å². The molecule has 0 bridgehead atoms. The molecule has 1 saturated heterocycles. The minimum Gasteiger partial charge on any atom is -0.454 e. The zero-order chi connectivity index (χ0) is 22.9. The summed E-state index contributed by atoms with van der Waals surface area (Å²) in [5.41, 5.74) is 0.521. The molecule has 0 aromatic heterocycles. The van der Waals surface area contributed by atoms with Crippen LogP contribution in [0.15, 0.2) is 47.4 Å². The quantitative estimate of drug-likeness (QED) is 0.718. The van der Waals surface area contributed by atoms with Crippen LogP contribution in [0.25, 0.3) is 0 Å². The number of carbonyl (C=O) groups excluding carboxylic acids is 1. The van der Waals surface area contributed by atoms with Gasteiger partial charge in [0, 0.05) is 30.8 Å². The first kappa shape index (κ1) is 22.2. The molecule has 0 radical (unpaired) electrons. The van der Waals surface area contributed by atoms with Crippen molar-refractivity contribution in [3.05, 3.63) is 42.5 Å². The Morgan fingerprint density at radius 3 is 2.47 bits per heavy atom. The Morgan fingerprint density at radius 1 is 1.06 bits per heavy atom. The number of hydrogen-bond acceptors (Lipinski definition) is 6. The number of para-hydroxylation sites is 1. The van der Waals surface area contributed by atoms with Crippen LogP contribution in [0.5, 0.6) is 17.2 Å². The van der Waals surface area contributed by atoms with Crippen LogP contribution in [0.1, 0.15) is 12.8 Å². The van der Waals surface area contributed by atoms with Crippen LogP contribution in [-0.4, -0.2) is 44.9 Å². The standard InChI is InChI=1S/C20H19F3N2O6S/c21-20(22,23)31-16-3-1-2-4-18(16)32(27,28)25-9-7-13(8-10-25)19(26)24-14-5-6-15-17(11-14)30-12-29-15/h1-6,11,13H,7-10,12H2,(H,24,26). The number of hydrogen-bond donors (Lipinski definition) is 1. The van der Waals surface area contributed by atoms with E-state index in [1.165, 1.54) is 12.1 Å². The Bertz CT molecular complexity index is 1110. The maximum absolute atomic E-state index is 12.9. The number of rotatable bonds is 5. The minimum atomic E-state index is -5.02. The van der Waals surface area contributed by atoms with E-state index in [2.05, 4.69) is 10.1 Å². The number of fused-ring (bicyclic) bond motifs is 1. The summed E-state index contributed by atoms with van der Waals surface area (Å²) >= 11 is 0. The zero-order valence-electron chi connectivity index (χ0n) is 16.6. The van der Waals surface area contributed by atoms with Crippen LogP contribution >= 0.6 is 0 Å². The summed E-state index contributed by atoms with van der Waals surface area (Å²) in [6.07, 6.45) is -4.58. The second kappa shape index (κ2) is 8.51. The number of amides is 1. The molecule has 2 aliphatic heterocycles. The molecule has 0 saturated carbocycles. The third-order valence-electron chi connectivity index (χ3n) is 5.16. The molecule has 2 aromatic carbocycles. The first-order valence-electron chi connectivity index (χ1n) is 9.69. The van der Waals surface area contributed by atoms with Gasteiger partial charge in [0.05, 0.1) is 0 Å². The van der Waals surface area contributed by atoms with Gasteiger partial charge in [0.25, 0.3) is 0 Å². The number of ether oxygens (including phenoxy) is 3. The number of carbonyl (C=O) groups is 1. The van der Waals surface area contributed by atoms with E-state index >= 15 is 0 Å². The number of benzene rings is 2. The summed E-state index contributed by atoms with van der Waals surface area (Å²) in [5.74, 6) is -0.419. The summed E-state index contributed by atoms with van der Waals surface area (Å²) in [6.45, 7) is 0.0840. The van der Waals surface area contributed by atoms with E-state index in [-0.39, 0.29) is 38.6 Å². The molecule has 0 spiro atoms. The van der Waals surface area contributed by atoms with Gasteiger partial charge < -0.3 is 19.5 Å². The second-order valence-corrected chi connectivity index (χ2v) is 9.14. The van der Waals surface area contributed by atoms with E-state index in [4.69, 9.17) is 9.47 Å². The molecule has 2 heterocycles.